The van der Waals surface area contributed by atoms with Crippen LogP contribution >= 0.6 is 0 Å². The van der Waals surface area contributed by atoms with Gasteiger partial charge in [-0.05, 0) is 13.0 Å². The fraction of sp³-hybridized carbons (Fsp3) is 0.600. The number of hydrogen-bond acceptors (Lipinski definition) is 4. The highest BCUT2D eigenvalue weighted by atomic mass is 16.5. The lowest BCUT2D eigenvalue weighted by Crippen LogP contribution is -2.06. The van der Waals surface area contributed by atoms with E-state index in [4.69, 9.17) is 5.73 Å². The molecule has 0 fully saturated rings. The number of carbonyl (C=O) groups is 1. The van der Waals surface area contributed by atoms with Crippen molar-refractivity contribution in [1.82, 2.24) is 9.97 Å². The molecule has 0 aliphatic heterocycles. The Bertz CT molecular complexity index is 269. The van der Waals surface area contributed by atoms with E-state index in [9.17, 15) is 4.79 Å². The highest BCUT2D eigenvalue weighted by Crippen LogP contribution is 2.00. The number of nitrogens with two attached hydrogens (primary N) is 1. The standard InChI is InChI=1S/C7H10N2O2.C3H9N/c1-6-7(9-4-8-6)2-3-11-5-10;1-3(2)4/h4-5H,2-3H2,1H3,(H,8,9);3H,4H2,1-2H3. The topological polar surface area (TPSA) is 81.0 Å². The summed E-state index contributed by atoms with van der Waals surface area (Å²) in [6.07, 6.45) is 2.31. The Morgan fingerprint density at radius 1 is 1.67 bits per heavy atom. The van der Waals surface area contributed by atoms with E-state index in [1.165, 1.54) is 0 Å². The molecule has 0 aromatic carbocycles. The van der Waals surface area contributed by atoms with Crippen molar-refractivity contribution < 1.29 is 9.53 Å². The summed E-state index contributed by atoms with van der Waals surface area (Å²) in [4.78, 5) is 16.7. The summed E-state index contributed by atoms with van der Waals surface area (Å²) in [7, 11) is 0. The molecule has 3 N–H and O–H groups in total. The monoisotopic (exact) mass is 213 g/mol. The smallest absolute Gasteiger partial charge is 0.293 e. The highest BCUT2D eigenvalue weighted by molar-refractivity contribution is 5.36. The number of nitrogens with zero attached hydrogens (tertiary/aromatic N) is 1. The Hall–Kier alpha value is -1.36. The summed E-state index contributed by atoms with van der Waals surface area (Å²) in [6.45, 7) is 6.67. The van der Waals surface area contributed by atoms with Gasteiger partial charge >= 0.3 is 0 Å². The molecule has 0 saturated carbocycles. The van der Waals surface area contributed by atoms with Gasteiger partial charge in [-0.25, -0.2) is 4.98 Å². The molecule has 0 aliphatic carbocycles. The molecule has 1 aromatic rings. The Kier molecular flexibility index (Phi) is 7.27. The quantitative estimate of drug-likeness (QED) is 0.572. The van der Waals surface area contributed by atoms with Crippen molar-refractivity contribution in [3.63, 3.8) is 0 Å². The molecule has 15 heavy (non-hydrogen) atoms. The predicted molar refractivity (Wildman–Crippen MR) is 58.4 cm³/mol. The van der Waals surface area contributed by atoms with Gasteiger partial charge in [0.1, 0.15) is 0 Å². The summed E-state index contributed by atoms with van der Waals surface area (Å²) in [6, 6.07) is 0.333. The number of aromatic nitrogens is 2. The summed E-state index contributed by atoms with van der Waals surface area (Å²) in [5.41, 5.74) is 7.09. The zero-order valence-electron chi connectivity index (χ0n) is 9.49. The summed E-state index contributed by atoms with van der Waals surface area (Å²) in [5.74, 6) is 0. The molecule has 1 rings (SSSR count). The molecule has 86 valence electrons. The van der Waals surface area contributed by atoms with Crippen molar-refractivity contribution in [2.45, 2.75) is 33.2 Å². The molecule has 0 saturated heterocycles. The zero-order valence-corrected chi connectivity index (χ0v) is 9.49. The van der Waals surface area contributed by atoms with Crippen LogP contribution in [0.3, 0.4) is 0 Å². The van der Waals surface area contributed by atoms with Gasteiger partial charge in [0.05, 0.1) is 18.6 Å². The zero-order chi connectivity index (χ0) is 11.7. The first kappa shape index (κ1) is 13.6. The van der Waals surface area contributed by atoms with Gasteiger partial charge in [0, 0.05) is 12.1 Å². The van der Waals surface area contributed by atoms with Gasteiger partial charge in [-0.2, -0.15) is 0 Å². The lowest BCUT2D eigenvalue weighted by atomic mass is 10.3. The Morgan fingerprint density at radius 2 is 2.27 bits per heavy atom. The molecule has 0 spiro atoms. The van der Waals surface area contributed by atoms with Gasteiger partial charge in [-0.3, -0.25) is 4.79 Å². The minimum Gasteiger partial charge on any atom is -0.467 e. The molecule has 5 nitrogen and oxygen atoms in total. The first-order valence-electron chi connectivity index (χ1n) is 4.87. The van der Waals surface area contributed by atoms with Crippen molar-refractivity contribution in [3.05, 3.63) is 17.7 Å². The van der Waals surface area contributed by atoms with E-state index in [1.54, 1.807) is 6.33 Å². The van der Waals surface area contributed by atoms with Crippen LogP contribution < -0.4 is 5.73 Å². The van der Waals surface area contributed by atoms with Crippen LogP contribution in [0.2, 0.25) is 0 Å². The second-order valence-corrected chi connectivity index (χ2v) is 3.44. The van der Waals surface area contributed by atoms with Gasteiger partial charge in [0.25, 0.3) is 6.47 Å². The number of nitrogens with one attached hydrogen (secondary N) is 1. The third kappa shape index (κ3) is 7.69. The second-order valence-electron chi connectivity index (χ2n) is 3.44. The number of ether oxygens (including phenoxy) is 1. The molecule has 1 heterocycles. The van der Waals surface area contributed by atoms with Crippen LogP contribution in [-0.4, -0.2) is 29.1 Å². The number of aryl methyl sites for hydroxylation is 1. The van der Waals surface area contributed by atoms with E-state index < -0.39 is 0 Å². The maximum atomic E-state index is 9.77. The minimum absolute atomic E-state index is 0.333. The Labute approximate surface area is 90.0 Å². The molecule has 0 radical (unpaired) electrons. The van der Waals surface area contributed by atoms with Crippen molar-refractivity contribution in [3.8, 4) is 0 Å². The first-order chi connectivity index (χ1) is 7.07. The van der Waals surface area contributed by atoms with E-state index in [0.29, 0.717) is 25.5 Å². The number of aromatic amines is 1. The van der Waals surface area contributed by atoms with Crippen LogP contribution in [0.4, 0.5) is 0 Å². The van der Waals surface area contributed by atoms with E-state index in [2.05, 4.69) is 14.7 Å². The maximum absolute atomic E-state index is 9.77. The molecule has 0 atom stereocenters. The normalized spacial score (nSPS) is 9.40. The van der Waals surface area contributed by atoms with Crippen LogP contribution in [0.25, 0.3) is 0 Å². The third-order valence-corrected chi connectivity index (χ3v) is 1.46. The van der Waals surface area contributed by atoms with Crippen LogP contribution in [0.1, 0.15) is 25.2 Å². The summed E-state index contributed by atoms with van der Waals surface area (Å²) >= 11 is 0. The average Bonchev–Trinajstić information content (AvgIpc) is 2.51. The van der Waals surface area contributed by atoms with Crippen molar-refractivity contribution in [2.24, 2.45) is 5.73 Å². The summed E-state index contributed by atoms with van der Waals surface area (Å²) < 4.78 is 4.53. The molecule has 5 heteroatoms. The number of carbonyl (C=O) groups excluding carboxylic acids is 1. The van der Waals surface area contributed by atoms with Gasteiger partial charge in [-0.1, -0.05) is 13.8 Å². The largest absolute Gasteiger partial charge is 0.467 e. The summed E-state index contributed by atoms with van der Waals surface area (Å²) in [5, 5.41) is 0. The van der Waals surface area contributed by atoms with Crippen molar-refractivity contribution in [2.75, 3.05) is 6.61 Å². The van der Waals surface area contributed by atoms with Crippen LogP contribution in [0.5, 0.6) is 0 Å². The van der Waals surface area contributed by atoms with Gasteiger partial charge in [-0.15, -0.1) is 0 Å². The third-order valence-electron chi connectivity index (χ3n) is 1.46. The van der Waals surface area contributed by atoms with Crippen LogP contribution in [0, 0.1) is 6.92 Å². The molecule has 1 aromatic heterocycles. The Morgan fingerprint density at radius 3 is 2.67 bits per heavy atom. The van der Waals surface area contributed by atoms with Gasteiger partial charge in [0.2, 0.25) is 0 Å². The predicted octanol–water partition coefficient (Wildman–Crippen LogP) is 0.787. The molecule has 0 bridgehead atoms. The number of imidazole rings is 1. The Balaban J connectivity index is 0.000000423. The average molecular weight is 213 g/mol. The van der Waals surface area contributed by atoms with E-state index >= 15 is 0 Å². The van der Waals surface area contributed by atoms with E-state index in [0.717, 1.165) is 11.4 Å². The minimum atomic E-state index is 0.333. The first-order valence-corrected chi connectivity index (χ1v) is 4.87. The van der Waals surface area contributed by atoms with E-state index in [1.807, 2.05) is 20.8 Å². The molecule has 0 aliphatic rings. The van der Waals surface area contributed by atoms with Crippen molar-refractivity contribution >= 4 is 6.47 Å². The van der Waals surface area contributed by atoms with Crippen LogP contribution in [-0.2, 0) is 16.0 Å². The molecule has 0 unspecified atom stereocenters. The number of rotatable bonds is 4. The molecular formula is C10H19N3O2. The molecular weight excluding hydrogens is 194 g/mol. The lowest BCUT2D eigenvalue weighted by Gasteiger charge is -1.95. The van der Waals surface area contributed by atoms with Crippen molar-refractivity contribution in [1.29, 1.82) is 0 Å². The van der Waals surface area contributed by atoms with Crippen LogP contribution in [0.15, 0.2) is 6.33 Å². The number of H-pyrrole nitrogens is 1. The number of hydrogen-bond donors (Lipinski definition) is 2. The fourth-order valence-electron chi connectivity index (χ4n) is 0.843. The fourth-order valence-corrected chi connectivity index (χ4v) is 0.843. The maximum Gasteiger partial charge on any atom is 0.293 e. The van der Waals surface area contributed by atoms with Gasteiger partial charge in [0.15, 0.2) is 0 Å². The second kappa shape index (κ2) is 7.99. The highest BCUT2D eigenvalue weighted by Gasteiger charge is 1.99. The SMILES string of the molecule is CC(C)N.Cc1[nH]cnc1CCOC=O. The van der Waals surface area contributed by atoms with E-state index in [-0.39, 0.29) is 0 Å². The molecule has 0 amide bonds. The van der Waals surface area contributed by atoms with Gasteiger partial charge < -0.3 is 15.5 Å². The lowest BCUT2D eigenvalue weighted by molar-refractivity contribution is -0.128.